The van der Waals surface area contributed by atoms with Crippen LogP contribution in [-0.4, -0.2) is 75.3 Å². The molecule has 0 spiro atoms. The molecule has 0 aromatic carbocycles. The van der Waals surface area contributed by atoms with Crippen LogP contribution in [0, 0.1) is 0 Å². The average molecular weight is 278 g/mol. The zero-order valence-electron chi connectivity index (χ0n) is 14.8. The summed E-state index contributed by atoms with van der Waals surface area (Å²) in [7, 11) is 11.6. The molecule has 0 bridgehead atoms. The van der Waals surface area contributed by atoms with E-state index in [1.165, 1.54) is 38.3 Å². The van der Waals surface area contributed by atoms with Gasteiger partial charge in [-0.25, -0.2) is 0 Å². The van der Waals surface area contributed by atoms with Gasteiger partial charge in [-0.2, -0.15) is 0 Å². The minimum atomic E-state index is 0.398. The first-order chi connectivity index (χ1) is 9.45. The molecular formula is C13H33B3N4. The van der Waals surface area contributed by atoms with Gasteiger partial charge in [-0.05, 0) is 47.9 Å². The lowest BCUT2D eigenvalue weighted by atomic mass is 9.44. The summed E-state index contributed by atoms with van der Waals surface area (Å²) in [5.41, 5.74) is 0. The van der Waals surface area contributed by atoms with Gasteiger partial charge in [-0.3, -0.25) is 0 Å². The third-order valence-corrected chi connectivity index (χ3v) is 4.70. The van der Waals surface area contributed by atoms with Crippen LogP contribution in [0.3, 0.4) is 0 Å². The lowest BCUT2D eigenvalue weighted by Gasteiger charge is -2.52. The van der Waals surface area contributed by atoms with Gasteiger partial charge in [-0.15, -0.1) is 0 Å². The van der Waals surface area contributed by atoms with Crippen molar-refractivity contribution in [1.29, 1.82) is 0 Å². The van der Waals surface area contributed by atoms with Crippen LogP contribution in [0.1, 0.15) is 39.5 Å². The van der Waals surface area contributed by atoms with E-state index in [-0.39, 0.29) is 0 Å². The molecule has 1 heterocycles. The van der Waals surface area contributed by atoms with Crippen LogP contribution in [0.5, 0.6) is 0 Å². The number of hydrogen-bond donors (Lipinski definition) is 0. The van der Waals surface area contributed by atoms with Crippen LogP contribution in [0.15, 0.2) is 0 Å². The van der Waals surface area contributed by atoms with Crippen molar-refractivity contribution in [3.8, 4) is 0 Å². The first-order valence-electron chi connectivity index (χ1n) is 8.27. The van der Waals surface area contributed by atoms with E-state index in [9.17, 15) is 0 Å². The molecule has 7 heteroatoms. The summed E-state index contributed by atoms with van der Waals surface area (Å²) in [6, 6.07) is 0. The molecule has 1 aliphatic rings. The van der Waals surface area contributed by atoms with Crippen molar-refractivity contribution in [2.45, 2.75) is 52.2 Å². The molecule has 0 atom stereocenters. The zero-order valence-corrected chi connectivity index (χ0v) is 14.8. The smallest absolute Gasteiger partial charge is 0.360 e. The second-order valence-corrected chi connectivity index (χ2v) is 6.55. The maximum atomic E-state index is 2.59. The molecule has 0 radical (unpaired) electrons. The SMILES string of the molecule is CCCCB1N(C)B(CCCC)N(C)B(N(C)C)N1C. The van der Waals surface area contributed by atoms with Crippen molar-refractivity contribution in [1.82, 2.24) is 19.0 Å². The molecule has 0 N–H and O–H groups in total. The standard InChI is InChI=1S/C13H33B3N4/c1-8-10-12-14-18(5)15(13-11-9-2)20(7)16(17(3)4)19(14)6/h8-13H2,1-7H3. The van der Waals surface area contributed by atoms with Crippen molar-refractivity contribution >= 4 is 21.1 Å². The van der Waals surface area contributed by atoms with Crippen molar-refractivity contribution in [2.24, 2.45) is 0 Å². The van der Waals surface area contributed by atoms with E-state index in [1.54, 1.807) is 0 Å². The second kappa shape index (κ2) is 8.47. The summed E-state index contributed by atoms with van der Waals surface area (Å²) in [5, 5.41) is 0. The van der Waals surface area contributed by atoms with Gasteiger partial charge in [0.25, 0.3) is 14.0 Å². The largest absolute Gasteiger partial charge is 0.381 e. The summed E-state index contributed by atoms with van der Waals surface area (Å²) in [6.07, 6.45) is 7.71. The first-order valence-corrected chi connectivity index (χ1v) is 8.27. The van der Waals surface area contributed by atoms with Crippen LogP contribution in [-0.2, 0) is 0 Å². The molecule has 1 rings (SSSR count). The highest BCUT2D eigenvalue weighted by atomic mass is 15.4. The maximum absolute atomic E-state index is 2.59. The normalized spacial score (nSPS) is 19.5. The van der Waals surface area contributed by atoms with Crippen LogP contribution in [0.2, 0.25) is 12.6 Å². The topological polar surface area (TPSA) is 13.0 Å². The van der Waals surface area contributed by atoms with E-state index >= 15 is 0 Å². The summed E-state index contributed by atoms with van der Waals surface area (Å²) in [4.78, 5) is 2.34. The molecule has 20 heavy (non-hydrogen) atoms. The highest BCUT2D eigenvalue weighted by molar-refractivity contribution is 6.85. The van der Waals surface area contributed by atoms with Gasteiger partial charge in [-0.1, -0.05) is 39.5 Å². The van der Waals surface area contributed by atoms with Crippen LogP contribution in [0.4, 0.5) is 0 Å². The summed E-state index contributed by atoms with van der Waals surface area (Å²) in [5.74, 6) is 0. The van der Waals surface area contributed by atoms with Gasteiger partial charge in [0, 0.05) is 0 Å². The molecule has 0 saturated carbocycles. The Hall–Kier alpha value is 0.0348. The van der Waals surface area contributed by atoms with E-state index < -0.39 is 0 Å². The number of rotatable bonds is 7. The van der Waals surface area contributed by atoms with Crippen molar-refractivity contribution in [3.05, 3.63) is 0 Å². The lowest BCUT2D eigenvalue weighted by molar-refractivity contribution is 0.442. The summed E-state index contributed by atoms with van der Waals surface area (Å²) in [6.45, 7) is 5.68. The predicted octanol–water partition coefficient (Wildman–Crippen LogP) is 1.92. The van der Waals surface area contributed by atoms with Gasteiger partial charge in [0.15, 0.2) is 0 Å². The molecule has 0 amide bonds. The molecule has 4 nitrogen and oxygen atoms in total. The highest BCUT2D eigenvalue weighted by Gasteiger charge is 2.48. The highest BCUT2D eigenvalue weighted by Crippen LogP contribution is 2.23. The van der Waals surface area contributed by atoms with Crippen molar-refractivity contribution in [2.75, 3.05) is 35.2 Å². The maximum Gasteiger partial charge on any atom is 0.381 e. The van der Waals surface area contributed by atoms with Crippen LogP contribution in [0.25, 0.3) is 0 Å². The Morgan fingerprint density at radius 1 is 0.750 bits per heavy atom. The van der Waals surface area contributed by atoms with E-state index in [1.807, 2.05) is 0 Å². The molecule has 1 aliphatic heterocycles. The Kier molecular flexibility index (Phi) is 7.66. The monoisotopic (exact) mass is 278 g/mol. The Morgan fingerprint density at radius 2 is 1.15 bits per heavy atom. The van der Waals surface area contributed by atoms with E-state index in [2.05, 4.69) is 68.1 Å². The van der Waals surface area contributed by atoms with Gasteiger partial charge in [0.1, 0.15) is 0 Å². The minimum absolute atomic E-state index is 0.398. The van der Waals surface area contributed by atoms with Gasteiger partial charge in [0.05, 0.1) is 0 Å². The van der Waals surface area contributed by atoms with Crippen LogP contribution < -0.4 is 0 Å². The fraction of sp³-hybridized carbons (Fsp3) is 1.00. The zero-order chi connectivity index (χ0) is 15.3. The molecule has 1 saturated heterocycles. The summed E-state index contributed by atoms with van der Waals surface area (Å²) >= 11 is 0. The van der Waals surface area contributed by atoms with E-state index in [4.69, 9.17) is 0 Å². The van der Waals surface area contributed by atoms with Crippen molar-refractivity contribution < 1.29 is 0 Å². The van der Waals surface area contributed by atoms with Gasteiger partial charge < -0.3 is 19.0 Å². The Labute approximate surface area is 128 Å². The number of nitrogens with zero attached hydrogens (tertiary/aromatic N) is 4. The van der Waals surface area contributed by atoms with Crippen molar-refractivity contribution in [3.63, 3.8) is 0 Å². The molecule has 114 valence electrons. The van der Waals surface area contributed by atoms with E-state index in [0.29, 0.717) is 21.1 Å². The Morgan fingerprint density at radius 3 is 1.45 bits per heavy atom. The Balaban J connectivity index is 2.88. The third-order valence-electron chi connectivity index (χ3n) is 4.70. The summed E-state index contributed by atoms with van der Waals surface area (Å²) < 4.78 is 7.64. The van der Waals surface area contributed by atoms with Gasteiger partial charge in [0.2, 0.25) is 0 Å². The molecule has 0 aliphatic carbocycles. The van der Waals surface area contributed by atoms with Gasteiger partial charge >= 0.3 is 7.12 Å². The minimum Gasteiger partial charge on any atom is -0.360 e. The predicted molar refractivity (Wildman–Crippen MR) is 93.7 cm³/mol. The molecule has 0 unspecified atom stereocenters. The molecule has 0 aromatic rings. The molecule has 0 aromatic heterocycles. The second-order valence-electron chi connectivity index (χ2n) is 6.55. The Bertz CT molecular complexity index is 258. The third kappa shape index (κ3) is 4.03. The number of hydrogen-bond acceptors (Lipinski definition) is 4. The average Bonchev–Trinajstić information content (AvgIpc) is 2.38. The van der Waals surface area contributed by atoms with E-state index in [0.717, 1.165) is 0 Å². The lowest BCUT2D eigenvalue weighted by Crippen LogP contribution is -2.77. The number of unbranched alkanes of at least 4 members (excludes halogenated alkanes) is 2. The molecule has 1 fully saturated rings. The van der Waals surface area contributed by atoms with Crippen LogP contribution >= 0.6 is 0 Å². The molecular weight excluding hydrogens is 245 g/mol. The fourth-order valence-electron chi connectivity index (χ4n) is 3.68. The fourth-order valence-corrected chi connectivity index (χ4v) is 3.68. The quantitative estimate of drug-likeness (QED) is 0.659. The first kappa shape index (κ1) is 18.1.